The van der Waals surface area contributed by atoms with Gasteiger partial charge in [-0.25, -0.2) is 0 Å². The minimum Gasteiger partial charge on any atom is -0.320 e. The quantitative estimate of drug-likeness (QED) is 0.650. The summed E-state index contributed by atoms with van der Waals surface area (Å²) in [5.41, 5.74) is 0. The van der Waals surface area contributed by atoms with Crippen molar-refractivity contribution < 1.29 is 0 Å². The predicted molar refractivity (Wildman–Crippen MR) is 58.0 cm³/mol. The number of likely N-dealkylation sites (tertiary alicyclic amines) is 1. The standard InChI is InChI=1S/C11H22N2/c1-3-9-13-10-5-4-6-11(13)7-8-12-2/h3,11-12H,1,4-10H2,2H3. The van der Waals surface area contributed by atoms with E-state index >= 15 is 0 Å². The number of rotatable bonds is 5. The Balaban J connectivity index is 2.32. The van der Waals surface area contributed by atoms with E-state index in [0.29, 0.717) is 0 Å². The minimum absolute atomic E-state index is 0.791. The lowest BCUT2D eigenvalue weighted by Crippen LogP contribution is -2.40. The van der Waals surface area contributed by atoms with Crippen molar-refractivity contribution >= 4 is 0 Å². The minimum atomic E-state index is 0.791. The maximum absolute atomic E-state index is 3.81. The molecular formula is C11H22N2. The first-order valence-electron chi connectivity index (χ1n) is 5.38. The monoisotopic (exact) mass is 182 g/mol. The Kier molecular flexibility index (Phi) is 5.09. The fourth-order valence-corrected chi connectivity index (χ4v) is 2.10. The molecule has 1 N–H and O–H groups in total. The third-order valence-corrected chi connectivity index (χ3v) is 2.84. The van der Waals surface area contributed by atoms with Crippen molar-refractivity contribution in [3.63, 3.8) is 0 Å². The second-order valence-electron chi connectivity index (χ2n) is 3.83. The van der Waals surface area contributed by atoms with E-state index in [1.54, 1.807) is 0 Å². The zero-order valence-corrected chi connectivity index (χ0v) is 8.76. The molecule has 1 rings (SSSR count). The molecule has 0 spiro atoms. The first kappa shape index (κ1) is 10.7. The summed E-state index contributed by atoms with van der Waals surface area (Å²) in [7, 11) is 2.03. The summed E-state index contributed by atoms with van der Waals surface area (Å²) in [5, 5.41) is 3.23. The molecule has 2 nitrogen and oxygen atoms in total. The summed E-state index contributed by atoms with van der Waals surface area (Å²) in [5.74, 6) is 0. The maximum Gasteiger partial charge on any atom is 0.0163 e. The van der Waals surface area contributed by atoms with Crippen LogP contribution in [0.25, 0.3) is 0 Å². The number of piperidine rings is 1. The van der Waals surface area contributed by atoms with Gasteiger partial charge in [-0.05, 0) is 39.4 Å². The van der Waals surface area contributed by atoms with E-state index in [1.165, 1.54) is 32.2 Å². The Morgan fingerprint density at radius 3 is 3.08 bits per heavy atom. The van der Waals surface area contributed by atoms with Crippen LogP contribution >= 0.6 is 0 Å². The van der Waals surface area contributed by atoms with Crippen LogP contribution in [0.15, 0.2) is 12.7 Å². The molecule has 1 fully saturated rings. The van der Waals surface area contributed by atoms with Crippen LogP contribution < -0.4 is 5.32 Å². The van der Waals surface area contributed by atoms with Gasteiger partial charge in [0.05, 0.1) is 0 Å². The lowest BCUT2D eigenvalue weighted by Gasteiger charge is -2.35. The molecule has 1 aliphatic heterocycles. The molecule has 0 saturated carbocycles. The van der Waals surface area contributed by atoms with E-state index < -0.39 is 0 Å². The second-order valence-corrected chi connectivity index (χ2v) is 3.83. The van der Waals surface area contributed by atoms with Crippen LogP contribution in [0.4, 0.5) is 0 Å². The van der Waals surface area contributed by atoms with Crippen molar-refractivity contribution in [1.82, 2.24) is 10.2 Å². The molecule has 1 saturated heterocycles. The summed E-state index contributed by atoms with van der Waals surface area (Å²) in [4.78, 5) is 2.56. The maximum atomic E-state index is 3.81. The molecular weight excluding hydrogens is 160 g/mol. The molecule has 2 heteroatoms. The summed E-state index contributed by atoms with van der Waals surface area (Å²) < 4.78 is 0. The average molecular weight is 182 g/mol. The van der Waals surface area contributed by atoms with Gasteiger partial charge in [0, 0.05) is 12.6 Å². The molecule has 13 heavy (non-hydrogen) atoms. The van der Waals surface area contributed by atoms with Gasteiger partial charge in [0.25, 0.3) is 0 Å². The third-order valence-electron chi connectivity index (χ3n) is 2.84. The Morgan fingerprint density at radius 2 is 2.38 bits per heavy atom. The smallest absolute Gasteiger partial charge is 0.0163 e. The lowest BCUT2D eigenvalue weighted by atomic mass is 9.99. The highest BCUT2D eigenvalue weighted by atomic mass is 15.2. The Bertz CT molecular complexity index is 145. The van der Waals surface area contributed by atoms with Gasteiger partial charge < -0.3 is 5.32 Å². The van der Waals surface area contributed by atoms with Crippen LogP contribution in [0.5, 0.6) is 0 Å². The van der Waals surface area contributed by atoms with Crippen LogP contribution in [0.2, 0.25) is 0 Å². The highest BCUT2D eigenvalue weighted by molar-refractivity contribution is 4.82. The van der Waals surface area contributed by atoms with Crippen LogP contribution in [-0.4, -0.2) is 37.6 Å². The molecule has 0 radical (unpaired) electrons. The summed E-state index contributed by atoms with van der Waals surface area (Å²) in [6, 6.07) is 0.791. The topological polar surface area (TPSA) is 15.3 Å². The number of hydrogen-bond donors (Lipinski definition) is 1. The largest absolute Gasteiger partial charge is 0.320 e. The zero-order chi connectivity index (χ0) is 9.52. The van der Waals surface area contributed by atoms with E-state index in [4.69, 9.17) is 0 Å². The summed E-state index contributed by atoms with van der Waals surface area (Å²) in [6.45, 7) is 7.28. The number of hydrogen-bond acceptors (Lipinski definition) is 2. The van der Waals surface area contributed by atoms with Crippen molar-refractivity contribution in [3.05, 3.63) is 12.7 Å². The van der Waals surface area contributed by atoms with E-state index in [1.807, 2.05) is 13.1 Å². The van der Waals surface area contributed by atoms with Crippen LogP contribution in [0.1, 0.15) is 25.7 Å². The van der Waals surface area contributed by atoms with Crippen LogP contribution in [0.3, 0.4) is 0 Å². The Hall–Kier alpha value is -0.340. The van der Waals surface area contributed by atoms with Gasteiger partial charge in [0.2, 0.25) is 0 Å². The zero-order valence-electron chi connectivity index (χ0n) is 8.76. The van der Waals surface area contributed by atoms with Crippen LogP contribution in [0, 0.1) is 0 Å². The molecule has 0 aromatic rings. The van der Waals surface area contributed by atoms with E-state index in [0.717, 1.165) is 19.1 Å². The normalized spacial score (nSPS) is 24.5. The molecule has 1 atom stereocenters. The Morgan fingerprint density at radius 1 is 1.54 bits per heavy atom. The first-order valence-corrected chi connectivity index (χ1v) is 5.38. The molecule has 0 aliphatic carbocycles. The number of nitrogens with zero attached hydrogens (tertiary/aromatic N) is 1. The highest BCUT2D eigenvalue weighted by Gasteiger charge is 2.20. The fraction of sp³-hybridized carbons (Fsp3) is 0.818. The van der Waals surface area contributed by atoms with Crippen molar-refractivity contribution in [2.75, 3.05) is 26.7 Å². The van der Waals surface area contributed by atoms with Crippen molar-refractivity contribution in [1.29, 1.82) is 0 Å². The van der Waals surface area contributed by atoms with Gasteiger partial charge in [-0.1, -0.05) is 12.5 Å². The van der Waals surface area contributed by atoms with Gasteiger partial charge in [0.1, 0.15) is 0 Å². The van der Waals surface area contributed by atoms with Gasteiger partial charge in [-0.15, -0.1) is 6.58 Å². The van der Waals surface area contributed by atoms with Crippen LogP contribution in [-0.2, 0) is 0 Å². The molecule has 0 bridgehead atoms. The van der Waals surface area contributed by atoms with Gasteiger partial charge >= 0.3 is 0 Å². The average Bonchev–Trinajstić information content (AvgIpc) is 2.17. The fourth-order valence-electron chi connectivity index (χ4n) is 2.10. The molecule has 1 unspecified atom stereocenters. The van der Waals surface area contributed by atoms with Crippen molar-refractivity contribution in [2.45, 2.75) is 31.7 Å². The second kappa shape index (κ2) is 6.17. The van der Waals surface area contributed by atoms with Crippen molar-refractivity contribution in [2.24, 2.45) is 0 Å². The van der Waals surface area contributed by atoms with Gasteiger partial charge in [-0.2, -0.15) is 0 Å². The third kappa shape index (κ3) is 3.49. The highest BCUT2D eigenvalue weighted by Crippen LogP contribution is 2.18. The lowest BCUT2D eigenvalue weighted by molar-refractivity contribution is 0.157. The molecule has 1 heterocycles. The molecule has 1 aliphatic rings. The Labute approximate surface area is 82.0 Å². The molecule has 0 aromatic heterocycles. The number of nitrogens with one attached hydrogen (secondary N) is 1. The molecule has 76 valence electrons. The van der Waals surface area contributed by atoms with E-state index in [9.17, 15) is 0 Å². The van der Waals surface area contributed by atoms with Gasteiger partial charge in [-0.3, -0.25) is 4.90 Å². The van der Waals surface area contributed by atoms with Gasteiger partial charge in [0.15, 0.2) is 0 Å². The molecule has 0 amide bonds. The molecule has 0 aromatic carbocycles. The summed E-state index contributed by atoms with van der Waals surface area (Å²) in [6.07, 6.45) is 7.45. The predicted octanol–water partition coefficient (Wildman–Crippen LogP) is 1.64. The SMILES string of the molecule is C=CCN1CCCCC1CCNC. The first-order chi connectivity index (χ1) is 6.38. The summed E-state index contributed by atoms with van der Waals surface area (Å²) >= 11 is 0. The van der Waals surface area contributed by atoms with E-state index in [2.05, 4.69) is 16.8 Å². The van der Waals surface area contributed by atoms with E-state index in [-0.39, 0.29) is 0 Å². The van der Waals surface area contributed by atoms with Crippen molar-refractivity contribution in [3.8, 4) is 0 Å².